The fourth-order valence-electron chi connectivity index (χ4n) is 2.45. The second-order valence-corrected chi connectivity index (χ2v) is 4.45. The molecule has 0 radical (unpaired) electrons. The molecule has 1 aliphatic rings. The van der Waals surface area contributed by atoms with Crippen molar-refractivity contribution in [2.45, 2.75) is 52.7 Å². The summed E-state index contributed by atoms with van der Waals surface area (Å²) in [6.07, 6.45) is 4.95. The van der Waals surface area contributed by atoms with Crippen LogP contribution in [0.2, 0.25) is 0 Å². The summed E-state index contributed by atoms with van der Waals surface area (Å²) in [7, 11) is 0. The van der Waals surface area contributed by atoms with Gasteiger partial charge in [-0.25, -0.2) is 0 Å². The standard InChI is InChI=1S/C11H23NO/c1-4-6-11(5-2)7-10(11)8-12-9(3)13/h9-10,12-13H,4-8H2,1-3H3. The molecule has 2 N–H and O–H groups in total. The van der Waals surface area contributed by atoms with Crippen LogP contribution in [0.3, 0.4) is 0 Å². The van der Waals surface area contributed by atoms with E-state index in [4.69, 9.17) is 5.11 Å². The van der Waals surface area contributed by atoms with Gasteiger partial charge in [0.05, 0.1) is 0 Å². The van der Waals surface area contributed by atoms with Gasteiger partial charge >= 0.3 is 0 Å². The first-order chi connectivity index (χ1) is 6.14. The Morgan fingerprint density at radius 3 is 2.69 bits per heavy atom. The SMILES string of the molecule is CCCC1(CC)CC1CNC(C)O. The molecule has 1 aliphatic carbocycles. The zero-order valence-corrected chi connectivity index (χ0v) is 9.14. The van der Waals surface area contributed by atoms with Crippen LogP contribution in [0.1, 0.15) is 46.5 Å². The Labute approximate surface area is 81.7 Å². The summed E-state index contributed by atoms with van der Waals surface area (Å²) in [5.41, 5.74) is 0.622. The molecule has 0 aromatic carbocycles. The first-order valence-corrected chi connectivity index (χ1v) is 5.56. The molecule has 0 heterocycles. The van der Waals surface area contributed by atoms with E-state index in [0.29, 0.717) is 5.41 Å². The van der Waals surface area contributed by atoms with Crippen LogP contribution in [0.25, 0.3) is 0 Å². The van der Waals surface area contributed by atoms with Crippen molar-refractivity contribution in [3.05, 3.63) is 0 Å². The molecule has 3 atom stereocenters. The summed E-state index contributed by atoms with van der Waals surface area (Å²) in [5, 5.41) is 12.2. The van der Waals surface area contributed by atoms with Gasteiger partial charge in [0.1, 0.15) is 6.23 Å². The van der Waals surface area contributed by atoms with Crippen molar-refractivity contribution in [1.29, 1.82) is 0 Å². The van der Waals surface area contributed by atoms with Crippen LogP contribution in [0.4, 0.5) is 0 Å². The Morgan fingerprint density at radius 2 is 2.23 bits per heavy atom. The van der Waals surface area contributed by atoms with Gasteiger partial charge in [-0.2, -0.15) is 0 Å². The van der Waals surface area contributed by atoms with E-state index in [1.807, 2.05) is 0 Å². The highest BCUT2D eigenvalue weighted by Gasteiger charge is 2.50. The van der Waals surface area contributed by atoms with Crippen LogP contribution < -0.4 is 5.32 Å². The maximum atomic E-state index is 9.09. The summed E-state index contributed by atoms with van der Waals surface area (Å²) in [6, 6.07) is 0. The van der Waals surface area contributed by atoms with E-state index >= 15 is 0 Å². The van der Waals surface area contributed by atoms with Gasteiger partial charge in [-0.3, -0.25) is 5.32 Å². The van der Waals surface area contributed by atoms with Crippen LogP contribution in [-0.4, -0.2) is 17.9 Å². The minimum Gasteiger partial charge on any atom is -0.379 e. The topological polar surface area (TPSA) is 32.3 Å². The lowest BCUT2D eigenvalue weighted by Crippen LogP contribution is -2.28. The van der Waals surface area contributed by atoms with Gasteiger partial charge in [-0.1, -0.05) is 26.7 Å². The molecule has 13 heavy (non-hydrogen) atoms. The predicted molar refractivity (Wildman–Crippen MR) is 55.4 cm³/mol. The molecule has 0 bridgehead atoms. The molecule has 1 rings (SSSR count). The molecule has 0 spiro atoms. The Morgan fingerprint density at radius 1 is 1.54 bits per heavy atom. The molecule has 1 saturated carbocycles. The molecule has 2 nitrogen and oxygen atoms in total. The van der Waals surface area contributed by atoms with Crippen LogP contribution in [0.5, 0.6) is 0 Å². The number of aliphatic hydroxyl groups excluding tert-OH is 1. The molecule has 0 aliphatic heterocycles. The third-order valence-corrected chi connectivity index (χ3v) is 3.47. The third kappa shape index (κ3) is 2.68. The van der Waals surface area contributed by atoms with Gasteiger partial charge in [-0.05, 0) is 31.1 Å². The van der Waals surface area contributed by atoms with E-state index < -0.39 is 0 Å². The monoisotopic (exact) mass is 185 g/mol. The minimum atomic E-state index is -0.350. The van der Waals surface area contributed by atoms with Gasteiger partial charge in [-0.15, -0.1) is 0 Å². The van der Waals surface area contributed by atoms with Crippen molar-refractivity contribution in [3.63, 3.8) is 0 Å². The van der Waals surface area contributed by atoms with Gasteiger partial charge in [0, 0.05) is 6.54 Å². The van der Waals surface area contributed by atoms with E-state index in [9.17, 15) is 0 Å². The van der Waals surface area contributed by atoms with E-state index in [1.54, 1.807) is 6.92 Å². The number of hydrogen-bond donors (Lipinski definition) is 2. The van der Waals surface area contributed by atoms with Crippen molar-refractivity contribution in [2.24, 2.45) is 11.3 Å². The fraction of sp³-hybridized carbons (Fsp3) is 1.00. The van der Waals surface area contributed by atoms with Crippen molar-refractivity contribution < 1.29 is 5.11 Å². The highest BCUT2D eigenvalue weighted by molar-refractivity contribution is 5.01. The summed E-state index contributed by atoms with van der Waals surface area (Å²) in [4.78, 5) is 0. The van der Waals surface area contributed by atoms with Gasteiger partial charge in [0.2, 0.25) is 0 Å². The first-order valence-electron chi connectivity index (χ1n) is 5.56. The average molecular weight is 185 g/mol. The molecule has 2 heteroatoms. The average Bonchev–Trinajstić information content (AvgIpc) is 2.77. The molecular weight excluding hydrogens is 162 g/mol. The lowest BCUT2D eigenvalue weighted by molar-refractivity contribution is 0.152. The maximum absolute atomic E-state index is 9.09. The van der Waals surface area contributed by atoms with Crippen molar-refractivity contribution in [3.8, 4) is 0 Å². The van der Waals surface area contributed by atoms with Crippen LogP contribution in [0, 0.1) is 11.3 Å². The molecule has 0 aromatic heterocycles. The highest BCUT2D eigenvalue weighted by Crippen LogP contribution is 2.57. The number of hydrogen-bond acceptors (Lipinski definition) is 2. The molecule has 0 aromatic rings. The Bertz CT molecular complexity index is 158. The van der Waals surface area contributed by atoms with E-state index in [1.165, 1.54) is 25.7 Å². The normalized spacial score (nSPS) is 34.6. The largest absolute Gasteiger partial charge is 0.379 e. The van der Waals surface area contributed by atoms with Crippen molar-refractivity contribution in [2.75, 3.05) is 6.54 Å². The van der Waals surface area contributed by atoms with Crippen LogP contribution in [0.15, 0.2) is 0 Å². The summed E-state index contributed by atoms with van der Waals surface area (Å²) >= 11 is 0. The second kappa shape index (κ2) is 4.43. The molecule has 1 fully saturated rings. The predicted octanol–water partition coefficient (Wildman–Crippen LogP) is 2.13. The second-order valence-electron chi connectivity index (χ2n) is 4.45. The molecule has 3 unspecified atom stereocenters. The van der Waals surface area contributed by atoms with E-state index in [2.05, 4.69) is 19.2 Å². The maximum Gasteiger partial charge on any atom is 0.102 e. The lowest BCUT2D eigenvalue weighted by atomic mass is 9.94. The van der Waals surface area contributed by atoms with Crippen molar-refractivity contribution >= 4 is 0 Å². The lowest BCUT2D eigenvalue weighted by Gasteiger charge is -2.14. The quantitative estimate of drug-likeness (QED) is 0.621. The number of aliphatic hydroxyl groups is 1. The minimum absolute atomic E-state index is 0.350. The zero-order valence-electron chi connectivity index (χ0n) is 9.14. The number of rotatable bonds is 6. The fourth-order valence-corrected chi connectivity index (χ4v) is 2.45. The van der Waals surface area contributed by atoms with Crippen molar-refractivity contribution in [1.82, 2.24) is 5.32 Å². The van der Waals surface area contributed by atoms with Crippen LogP contribution in [-0.2, 0) is 0 Å². The smallest absolute Gasteiger partial charge is 0.102 e. The Kier molecular flexibility index (Phi) is 3.74. The van der Waals surface area contributed by atoms with Crippen LogP contribution >= 0.6 is 0 Å². The summed E-state index contributed by atoms with van der Waals surface area (Å²) in [6.45, 7) is 7.33. The number of nitrogens with one attached hydrogen (secondary N) is 1. The zero-order chi connectivity index (χ0) is 9.90. The highest BCUT2D eigenvalue weighted by atomic mass is 16.3. The molecular formula is C11H23NO. The Hall–Kier alpha value is -0.0800. The summed E-state index contributed by atoms with van der Waals surface area (Å²) in [5.74, 6) is 0.812. The summed E-state index contributed by atoms with van der Waals surface area (Å²) < 4.78 is 0. The van der Waals surface area contributed by atoms with Gasteiger partial charge in [0.15, 0.2) is 0 Å². The first kappa shape index (κ1) is 11.0. The van der Waals surface area contributed by atoms with Gasteiger partial charge in [0.25, 0.3) is 0 Å². The van der Waals surface area contributed by atoms with Gasteiger partial charge < -0.3 is 5.11 Å². The van der Waals surface area contributed by atoms with E-state index in [-0.39, 0.29) is 6.23 Å². The van der Waals surface area contributed by atoms with E-state index in [0.717, 1.165) is 12.5 Å². The third-order valence-electron chi connectivity index (χ3n) is 3.47. The Balaban J connectivity index is 2.24. The molecule has 78 valence electrons. The molecule has 0 saturated heterocycles. The molecule has 0 amide bonds.